The molecule has 0 saturated heterocycles. The highest BCUT2D eigenvalue weighted by molar-refractivity contribution is 5.70. The first kappa shape index (κ1) is 56.8. The maximum absolute atomic E-state index is 12.8. The van der Waals surface area contributed by atoms with Gasteiger partial charge in [0.05, 0.1) is 40.3 Å². The van der Waals surface area contributed by atoms with E-state index in [0.717, 1.165) is 64.2 Å². The number of carbonyl (C=O) groups excluding carboxylic acids is 3. The second-order valence-electron chi connectivity index (χ2n) is 17.0. The monoisotopic (exact) mass is 840 g/mol. The zero-order chi connectivity index (χ0) is 44.2. The molecule has 0 bridgehead atoms. The number of carboxylic acid groups (broad SMARTS) is 1. The van der Waals surface area contributed by atoms with Gasteiger partial charge in [-0.05, 0) is 70.6 Å². The zero-order valence-corrected chi connectivity index (χ0v) is 39.1. The molecule has 0 aliphatic rings. The molecule has 2 atom stereocenters. The summed E-state index contributed by atoms with van der Waals surface area (Å²) >= 11 is 0. The fourth-order valence-electron chi connectivity index (χ4n) is 6.64. The lowest BCUT2D eigenvalue weighted by Crippen LogP contribution is -2.55. The van der Waals surface area contributed by atoms with Crippen molar-refractivity contribution < 1.29 is 38.2 Å². The van der Waals surface area contributed by atoms with Crippen molar-refractivity contribution in [2.75, 3.05) is 41.0 Å². The van der Waals surface area contributed by atoms with Gasteiger partial charge in [-0.25, -0.2) is 0 Å². The fraction of sp³-hybridized carbons (Fsp3) is 0.712. The first-order chi connectivity index (χ1) is 29.1. The van der Waals surface area contributed by atoms with Gasteiger partial charge in [0, 0.05) is 19.3 Å². The summed E-state index contributed by atoms with van der Waals surface area (Å²) < 4.78 is 17.1. The summed E-state index contributed by atoms with van der Waals surface area (Å²) in [6.07, 6.45) is 53.7. The molecule has 0 amide bonds. The standard InChI is InChI=1S/C52H89NO7/c1-6-8-10-12-14-16-18-20-21-22-23-24-25-26-27-28-29-31-33-35-37-39-41-43-51(55)60-48(46-58-45-44-49(52(56)57)53(3,4)5)47-59-50(54)42-40-38-36-34-32-30-19-17-15-13-11-9-7-2/h8,10,14,16,20-21,23-24,30,32,36,38,48-49H,6-7,9,11-13,15,17-19,22,25-29,31,33-35,37,39-47H2,1-5H3/b10-8+,16-14+,21-20+,24-23+,32-30+,38-36+. The number of esters is 2. The van der Waals surface area contributed by atoms with Gasteiger partial charge in [0.2, 0.25) is 0 Å². The molecule has 2 unspecified atom stereocenters. The molecule has 0 spiro atoms. The van der Waals surface area contributed by atoms with Crippen LogP contribution in [0.25, 0.3) is 0 Å². The minimum Gasteiger partial charge on any atom is -0.544 e. The molecule has 60 heavy (non-hydrogen) atoms. The van der Waals surface area contributed by atoms with E-state index in [2.05, 4.69) is 80.7 Å². The highest BCUT2D eigenvalue weighted by Gasteiger charge is 2.25. The predicted molar refractivity (Wildman–Crippen MR) is 249 cm³/mol. The smallest absolute Gasteiger partial charge is 0.306 e. The number of unbranched alkanes of at least 4 members (excludes halogenated alkanes) is 16. The van der Waals surface area contributed by atoms with Gasteiger partial charge >= 0.3 is 11.9 Å². The summed E-state index contributed by atoms with van der Waals surface area (Å²) in [6, 6.07) is -0.736. The van der Waals surface area contributed by atoms with Crippen LogP contribution in [0.3, 0.4) is 0 Å². The van der Waals surface area contributed by atoms with E-state index in [-0.39, 0.29) is 49.1 Å². The van der Waals surface area contributed by atoms with E-state index in [1.54, 1.807) is 21.1 Å². The number of hydrogen-bond acceptors (Lipinski definition) is 7. The van der Waals surface area contributed by atoms with Crippen molar-refractivity contribution in [3.8, 4) is 0 Å². The van der Waals surface area contributed by atoms with E-state index in [1.807, 2.05) is 6.08 Å². The Bertz CT molecular complexity index is 1210. The quantitative estimate of drug-likeness (QED) is 0.0261. The van der Waals surface area contributed by atoms with Crippen molar-refractivity contribution in [2.24, 2.45) is 0 Å². The van der Waals surface area contributed by atoms with Crippen LogP contribution in [-0.2, 0) is 28.6 Å². The van der Waals surface area contributed by atoms with Crippen molar-refractivity contribution in [1.82, 2.24) is 0 Å². The van der Waals surface area contributed by atoms with Gasteiger partial charge < -0.3 is 28.6 Å². The maximum Gasteiger partial charge on any atom is 0.306 e. The van der Waals surface area contributed by atoms with E-state index in [1.165, 1.54) is 83.5 Å². The number of allylic oxidation sites excluding steroid dienone is 12. The van der Waals surface area contributed by atoms with Crippen molar-refractivity contribution in [3.05, 3.63) is 72.9 Å². The fourth-order valence-corrected chi connectivity index (χ4v) is 6.64. The van der Waals surface area contributed by atoms with Crippen molar-refractivity contribution >= 4 is 17.9 Å². The molecule has 0 rings (SSSR count). The molecule has 0 aromatic heterocycles. The Balaban J connectivity index is 4.31. The van der Waals surface area contributed by atoms with Crippen LogP contribution in [0.15, 0.2) is 72.9 Å². The second-order valence-corrected chi connectivity index (χ2v) is 17.0. The molecule has 0 N–H and O–H groups in total. The van der Waals surface area contributed by atoms with Crippen LogP contribution in [0.1, 0.15) is 187 Å². The van der Waals surface area contributed by atoms with Crippen LogP contribution >= 0.6 is 0 Å². The molecule has 0 aromatic carbocycles. The number of hydrogen-bond donors (Lipinski definition) is 0. The number of aliphatic carboxylic acids is 1. The molecule has 0 radical (unpaired) electrons. The Morgan fingerprint density at radius 1 is 0.517 bits per heavy atom. The molecular formula is C52H89NO7. The number of likely N-dealkylation sites (N-methyl/N-ethyl adjacent to an activating group) is 1. The van der Waals surface area contributed by atoms with Crippen molar-refractivity contribution in [2.45, 2.75) is 199 Å². The van der Waals surface area contributed by atoms with Crippen molar-refractivity contribution in [3.63, 3.8) is 0 Å². The van der Waals surface area contributed by atoms with E-state index < -0.39 is 18.1 Å². The summed E-state index contributed by atoms with van der Waals surface area (Å²) in [5.74, 6) is -1.83. The lowest BCUT2D eigenvalue weighted by atomic mass is 10.0. The summed E-state index contributed by atoms with van der Waals surface area (Å²) in [6.45, 7) is 4.47. The number of nitrogens with zero attached hydrogens (tertiary/aromatic N) is 1. The average molecular weight is 840 g/mol. The van der Waals surface area contributed by atoms with Crippen molar-refractivity contribution in [1.29, 1.82) is 0 Å². The summed E-state index contributed by atoms with van der Waals surface area (Å²) in [5.41, 5.74) is 0. The van der Waals surface area contributed by atoms with E-state index >= 15 is 0 Å². The Hall–Kier alpha value is -3.23. The SMILES string of the molecule is CC/C=C/C/C=C/C/C=C/C/C=C/CCCCCCCCCCCCC(=O)OC(COCCC(C(=O)[O-])[N+](C)(C)C)COC(=O)CC/C=C/C/C=C/CCCCCCCC. The first-order valence-corrected chi connectivity index (χ1v) is 24.0. The van der Waals surface area contributed by atoms with E-state index in [9.17, 15) is 19.5 Å². The Morgan fingerprint density at radius 2 is 0.967 bits per heavy atom. The molecule has 344 valence electrons. The Kier molecular flexibility index (Phi) is 40.2. The second kappa shape index (κ2) is 42.5. The van der Waals surface area contributed by atoms with E-state index in [0.29, 0.717) is 12.8 Å². The molecule has 0 aliphatic heterocycles. The topological polar surface area (TPSA) is 102 Å². The van der Waals surface area contributed by atoms with Crippen LogP contribution in [-0.4, -0.2) is 75.5 Å². The largest absolute Gasteiger partial charge is 0.544 e. The third kappa shape index (κ3) is 40.2. The molecule has 0 aromatic rings. The van der Waals surface area contributed by atoms with Crippen LogP contribution < -0.4 is 5.11 Å². The van der Waals surface area contributed by atoms with Gasteiger partial charge in [0.15, 0.2) is 6.10 Å². The lowest BCUT2D eigenvalue weighted by Gasteiger charge is -2.34. The van der Waals surface area contributed by atoms with Crippen LogP contribution in [0, 0.1) is 0 Å². The van der Waals surface area contributed by atoms with Crippen LogP contribution in [0.2, 0.25) is 0 Å². The van der Waals surface area contributed by atoms with Gasteiger partial charge in [-0.1, -0.05) is 170 Å². The predicted octanol–water partition coefficient (Wildman–Crippen LogP) is 12.2. The Labute approximate surface area is 368 Å². The number of ether oxygens (including phenoxy) is 3. The first-order valence-electron chi connectivity index (χ1n) is 24.0. The third-order valence-corrected chi connectivity index (χ3v) is 10.3. The van der Waals surface area contributed by atoms with Gasteiger partial charge in [-0.3, -0.25) is 9.59 Å². The Morgan fingerprint density at radius 3 is 1.45 bits per heavy atom. The third-order valence-electron chi connectivity index (χ3n) is 10.3. The van der Waals surface area contributed by atoms with Gasteiger partial charge in [-0.2, -0.15) is 0 Å². The van der Waals surface area contributed by atoms with Gasteiger partial charge in [-0.15, -0.1) is 0 Å². The highest BCUT2D eigenvalue weighted by atomic mass is 16.6. The molecule has 0 aliphatic carbocycles. The summed E-state index contributed by atoms with van der Waals surface area (Å²) in [7, 11) is 5.39. The molecule has 8 heteroatoms. The number of carbonyl (C=O) groups is 3. The number of carboxylic acids is 1. The van der Waals surface area contributed by atoms with E-state index in [4.69, 9.17) is 14.2 Å². The van der Waals surface area contributed by atoms with Crippen LogP contribution in [0.5, 0.6) is 0 Å². The molecule has 8 nitrogen and oxygen atoms in total. The number of rotatable bonds is 42. The minimum absolute atomic E-state index is 0.0192. The molecular weight excluding hydrogens is 751 g/mol. The molecule has 0 heterocycles. The molecule has 0 fully saturated rings. The highest BCUT2D eigenvalue weighted by Crippen LogP contribution is 2.14. The minimum atomic E-state index is -1.13. The normalized spacial score (nSPS) is 13.6. The maximum atomic E-state index is 12.8. The van der Waals surface area contributed by atoms with Crippen LogP contribution in [0.4, 0.5) is 0 Å². The summed E-state index contributed by atoms with van der Waals surface area (Å²) in [5, 5.41) is 11.6. The zero-order valence-electron chi connectivity index (χ0n) is 39.1. The summed E-state index contributed by atoms with van der Waals surface area (Å²) in [4.78, 5) is 36.9. The number of quaternary nitrogens is 1. The average Bonchev–Trinajstić information content (AvgIpc) is 3.21. The molecule has 0 saturated carbocycles. The van der Waals surface area contributed by atoms with Gasteiger partial charge in [0.25, 0.3) is 0 Å². The van der Waals surface area contributed by atoms with Gasteiger partial charge in [0.1, 0.15) is 12.6 Å². The lowest BCUT2D eigenvalue weighted by molar-refractivity contribution is -0.889.